The third-order valence-electron chi connectivity index (χ3n) is 2.52. The van der Waals surface area contributed by atoms with Gasteiger partial charge in [-0.2, -0.15) is 13.2 Å². The van der Waals surface area contributed by atoms with E-state index in [4.69, 9.17) is 11.6 Å². The fourth-order valence-electron chi connectivity index (χ4n) is 1.67. The van der Waals surface area contributed by atoms with E-state index in [2.05, 4.69) is 0 Å². The van der Waals surface area contributed by atoms with Gasteiger partial charge in [0.1, 0.15) is 11.6 Å². The zero-order valence-electron chi connectivity index (χ0n) is 9.23. The lowest BCUT2D eigenvalue weighted by atomic mass is 10.0. The molecule has 0 unspecified atom stereocenters. The molecule has 0 saturated heterocycles. The van der Waals surface area contributed by atoms with Crippen molar-refractivity contribution >= 4 is 11.6 Å². The van der Waals surface area contributed by atoms with Gasteiger partial charge in [0.05, 0.1) is 10.6 Å². The Morgan fingerprint density at radius 2 is 1.58 bits per heavy atom. The van der Waals surface area contributed by atoms with E-state index in [1.807, 2.05) is 0 Å². The van der Waals surface area contributed by atoms with Crippen molar-refractivity contribution in [3.63, 3.8) is 0 Å². The second kappa shape index (κ2) is 4.81. The molecule has 0 aromatic heterocycles. The van der Waals surface area contributed by atoms with Crippen LogP contribution in [0.1, 0.15) is 5.56 Å². The number of hydrogen-bond donors (Lipinski definition) is 0. The van der Waals surface area contributed by atoms with E-state index >= 15 is 0 Å². The molecule has 0 saturated carbocycles. The first-order chi connectivity index (χ1) is 8.80. The van der Waals surface area contributed by atoms with Crippen molar-refractivity contribution in [1.29, 1.82) is 0 Å². The number of benzene rings is 2. The summed E-state index contributed by atoms with van der Waals surface area (Å²) in [5, 5.41) is -0.0419. The van der Waals surface area contributed by atoms with Gasteiger partial charge in [-0.05, 0) is 29.8 Å². The molecule has 0 heterocycles. The predicted octanol–water partition coefficient (Wildman–Crippen LogP) is 5.30. The highest BCUT2D eigenvalue weighted by molar-refractivity contribution is 6.33. The molecule has 0 aliphatic rings. The average molecular weight is 293 g/mol. The van der Waals surface area contributed by atoms with E-state index in [0.29, 0.717) is 12.1 Å². The molecule has 0 spiro atoms. The first-order valence-electron chi connectivity index (χ1n) is 5.12. The Kier molecular flexibility index (Phi) is 3.49. The first kappa shape index (κ1) is 13.8. The van der Waals surface area contributed by atoms with Crippen LogP contribution in [0.4, 0.5) is 22.0 Å². The van der Waals surface area contributed by atoms with Crippen molar-refractivity contribution in [1.82, 2.24) is 0 Å². The van der Waals surface area contributed by atoms with Crippen LogP contribution in [0.25, 0.3) is 11.1 Å². The van der Waals surface area contributed by atoms with Crippen LogP contribution in [0, 0.1) is 11.6 Å². The van der Waals surface area contributed by atoms with Crippen LogP contribution in [-0.4, -0.2) is 0 Å². The van der Waals surface area contributed by atoms with Crippen LogP contribution < -0.4 is 0 Å². The smallest absolute Gasteiger partial charge is 0.206 e. The molecule has 0 nitrogen and oxygen atoms in total. The fourth-order valence-corrected chi connectivity index (χ4v) is 1.94. The quantitative estimate of drug-likeness (QED) is 0.625. The van der Waals surface area contributed by atoms with Crippen molar-refractivity contribution in [3.8, 4) is 11.1 Å². The van der Waals surface area contributed by atoms with E-state index in [1.54, 1.807) is 0 Å². The van der Waals surface area contributed by atoms with Gasteiger partial charge >= 0.3 is 6.18 Å². The van der Waals surface area contributed by atoms with Crippen molar-refractivity contribution in [2.45, 2.75) is 6.18 Å². The summed E-state index contributed by atoms with van der Waals surface area (Å²) in [7, 11) is 0. The van der Waals surface area contributed by atoms with Gasteiger partial charge in [-0.3, -0.25) is 0 Å². The van der Waals surface area contributed by atoms with Gasteiger partial charge in [-0.15, -0.1) is 0 Å². The summed E-state index contributed by atoms with van der Waals surface area (Å²) in [5.74, 6) is -2.18. The molecule has 0 fully saturated rings. The maximum atomic E-state index is 13.6. The van der Waals surface area contributed by atoms with Gasteiger partial charge in [0, 0.05) is 5.56 Å². The monoisotopic (exact) mass is 292 g/mol. The maximum absolute atomic E-state index is 13.6. The SMILES string of the molecule is Fc1ccc(-c2c(F)cccc2Cl)cc1C(F)(F)F. The third-order valence-corrected chi connectivity index (χ3v) is 2.84. The molecule has 0 aliphatic heterocycles. The summed E-state index contributed by atoms with van der Waals surface area (Å²) in [6, 6.07) is 5.97. The number of rotatable bonds is 1. The summed E-state index contributed by atoms with van der Waals surface area (Å²) in [5.41, 5.74) is -1.77. The number of halogens is 6. The van der Waals surface area contributed by atoms with Gasteiger partial charge in [0.2, 0.25) is 0 Å². The first-order valence-corrected chi connectivity index (χ1v) is 5.49. The largest absolute Gasteiger partial charge is 0.419 e. The Morgan fingerprint density at radius 1 is 0.895 bits per heavy atom. The second-order valence-corrected chi connectivity index (χ2v) is 4.20. The zero-order valence-corrected chi connectivity index (χ0v) is 9.99. The predicted molar refractivity (Wildman–Crippen MR) is 61.8 cm³/mol. The third kappa shape index (κ3) is 2.71. The second-order valence-electron chi connectivity index (χ2n) is 3.79. The molecule has 2 aromatic rings. The van der Waals surface area contributed by atoms with Gasteiger partial charge in [0.15, 0.2) is 0 Å². The van der Waals surface area contributed by atoms with Gasteiger partial charge in [-0.25, -0.2) is 8.78 Å². The Labute approximate surface area is 110 Å². The lowest BCUT2D eigenvalue weighted by molar-refractivity contribution is -0.139. The molecule has 19 heavy (non-hydrogen) atoms. The van der Waals surface area contributed by atoms with Crippen molar-refractivity contribution in [3.05, 3.63) is 58.6 Å². The molecule has 0 amide bonds. The van der Waals surface area contributed by atoms with Crippen molar-refractivity contribution in [2.24, 2.45) is 0 Å². The maximum Gasteiger partial charge on any atom is 0.419 e. The highest BCUT2D eigenvalue weighted by atomic mass is 35.5. The minimum absolute atomic E-state index is 0.0419. The fraction of sp³-hybridized carbons (Fsp3) is 0.0769. The van der Waals surface area contributed by atoms with Gasteiger partial charge in [0.25, 0.3) is 0 Å². The topological polar surface area (TPSA) is 0 Å². The Balaban J connectivity index is 2.65. The lowest BCUT2D eigenvalue weighted by Crippen LogP contribution is -2.08. The molecule has 6 heteroatoms. The number of alkyl halides is 3. The molecular formula is C13H6ClF5. The lowest BCUT2D eigenvalue weighted by Gasteiger charge is -2.11. The summed E-state index contributed by atoms with van der Waals surface area (Å²) >= 11 is 5.76. The van der Waals surface area contributed by atoms with E-state index in [-0.39, 0.29) is 16.1 Å². The molecule has 0 N–H and O–H groups in total. The average Bonchev–Trinajstić information content (AvgIpc) is 2.29. The molecule has 0 aliphatic carbocycles. The highest BCUT2D eigenvalue weighted by Crippen LogP contribution is 2.36. The Hall–Kier alpha value is -1.62. The summed E-state index contributed by atoms with van der Waals surface area (Å²) in [6.07, 6.45) is -4.85. The summed E-state index contributed by atoms with van der Waals surface area (Å²) in [4.78, 5) is 0. The standard InChI is InChI=1S/C13H6ClF5/c14-9-2-1-3-11(16)12(9)7-4-5-10(15)8(6-7)13(17,18)19/h1-6H. The van der Waals surface area contributed by atoms with Crippen LogP contribution in [-0.2, 0) is 6.18 Å². The van der Waals surface area contributed by atoms with Crippen LogP contribution in [0.3, 0.4) is 0 Å². The normalized spacial score (nSPS) is 11.7. The minimum atomic E-state index is -4.85. The van der Waals surface area contributed by atoms with E-state index in [1.165, 1.54) is 12.1 Å². The van der Waals surface area contributed by atoms with Crippen LogP contribution in [0.15, 0.2) is 36.4 Å². The minimum Gasteiger partial charge on any atom is -0.206 e. The van der Waals surface area contributed by atoms with Crippen LogP contribution in [0.5, 0.6) is 0 Å². The van der Waals surface area contributed by atoms with E-state index in [9.17, 15) is 22.0 Å². The van der Waals surface area contributed by atoms with E-state index < -0.39 is 23.4 Å². The molecular weight excluding hydrogens is 287 g/mol. The molecule has 0 atom stereocenters. The molecule has 2 aromatic carbocycles. The highest BCUT2D eigenvalue weighted by Gasteiger charge is 2.34. The van der Waals surface area contributed by atoms with Crippen molar-refractivity contribution < 1.29 is 22.0 Å². The Bertz CT molecular complexity index is 599. The molecule has 0 bridgehead atoms. The van der Waals surface area contributed by atoms with E-state index in [0.717, 1.165) is 12.1 Å². The van der Waals surface area contributed by atoms with Gasteiger partial charge < -0.3 is 0 Å². The van der Waals surface area contributed by atoms with Crippen LogP contribution >= 0.6 is 11.6 Å². The zero-order chi connectivity index (χ0) is 14.2. The molecule has 100 valence electrons. The van der Waals surface area contributed by atoms with Gasteiger partial charge in [-0.1, -0.05) is 23.7 Å². The summed E-state index contributed by atoms with van der Waals surface area (Å²) in [6.45, 7) is 0. The van der Waals surface area contributed by atoms with Crippen LogP contribution in [0.2, 0.25) is 5.02 Å². The number of hydrogen-bond acceptors (Lipinski definition) is 0. The molecule has 2 rings (SSSR count). The Morgan fingerprint density at radius 3 is 2.16 bits per heavy atom. The molecule has 0 radical (unpaired) electrons. The van der Waals surface area contributed by atoms with Crippen molar-refractivity contribution in [2.75, 3.05) is 0 Å². The summed E-state index contributed by atoms with van der Waals surface area (Å²) < 4.78 is 64.5.